The molecule has 4 rings (SSSR count). The Bertz CT molecular complexity index is 1310. The number of nitrogens with zero attached hydrogens (tertiary/aromatic N) is 4. The molecule has 1 amide bonds. The largest absolute Gasteiger partial charge is 0.325 e. The summed E-state index contributed by atoms with van der Waals surface area (Å²) in [6.07, 6.45) is 0. The molecule has 0 saturated carbocycles. The smallest absolute Gasteiger partial charge is 0.242 e. The van der Waals surface area contributed by atoms with Crippen molar-refractivity contribution < 1.29 is 13.2 Å². The van der Waals surface area contributed by atoms with Crippen molar-refractivity contribution in [3.8, 4) is 5.69 Å². The van der Waals surface area contributed by atoms with E-state index in [1.54, 1.807) is 4.68 Å². The lowest BCUT2D eigenvalue weighted by atomic mass is 10.1. The number of carbonyl (C=O) groups excluding carboxylic acids is 1. The Morgan fingerprint density at radius 1 is 0.938 bits per heavy atom. The first kappa shape index (κ1) is 21.7. The Morgan fingerprint density at radius 3 is 2.19 bits per heavy atom. The molecule has 0 bridgehead atoms. The summed E-state index contributed by atoms with van der Waals surface area (Å²) in [6.45, 7) is 0. The quantitative estimate of drug-likeness (QED) is 0.400. The van der Waals surface area contributed by atoms with Gasteiger partial charge in [0, 0.05) is 5.69 Å². The van der Waals surface area contributed by atoms with Gasteiger partial charge in [-0.15, -0.1) is 5.10 Å². The lowest BCUT2D eigenvalue weighted by molar-refractivity contribution is -0.115. The molecule has 0 saturated heterocycles. The van der Waals surface area contributed by atoms with Crippen molar-refractivity contribution in [1.82, 2.24) is 20.2 Å². The minimum atomic E-state index is -3.81. The molecule has 0 aliphatic rings. The number of benzene rings is 3. The molecule has 0 spiro atoms. The molecule has 3 aromatic carbocycles. The normalized spacial score (nSPS) is 12.3. The summed E-state index contributed by atoms with van der Waals surface area (Å²) in [6, 6.07) is 24.3. The molecule has 1 aromatic heterocycles. The minimum absolute atomic E-state index is 0.0356. The highest BCUT2D eigenvalue weighted by molar-refractivity contribution is 8.00. The number of hydrogen-bond acceptors (Lipinski definition) is 7. The molecule has 0 radical (unpaired) electrons. The van der Waals surface area contributed by atoms with E-state index in [0.29, 0.717) is 10.8 Å². The van der Waals surface area contributed by atoms with Gasteiger partial charge in [0.05, 0.1) is 10.6 Å². The number of aromatic nitrogens is 4. The van der Waals surface area contributed by atoms with Crippen molar-refractivity contribution >= 4 is 33.4 Å². The van der Waals surface area contributed by atoms with Crippen molar-refractivity contribution in [2.45, 2.75) is 15.3 Å². The second-order valence-corrected chi connectivity index (χ2v) is 9.31. The van der Waals surface area contributed by atoms with Gasteiger partial charge in [0.15, 0.2) is 0 Å². The van der Waals surface area contributed by atoms with Crippen LogP contribution in [0.3, 0.4) is 0 Å². The second-order valence-electron chi connectivity index (χ2n) is 6.68. The predicted octanol–water partition coefficient (Wildman–Crippen LogP) is 2.78. The number of carbonyl (C=O) groups is 1. The van der Waals surface area contributed by atoms with E-state index in [9.17, 15) is 13.2 Å². The Balaban J connectivity index is 1.61. The lowest BCUT2D eigenvalue weighted by Gasteiger charge is -2.16. The van der Waals surface area contributed by atoms with E-state index in [0.717, 1.165) is 11.3 Å². The molecule has 162 valence electrons. The predicted molar refractivity (Wildman–Crippen MR) is 121 cm³/mol. The summed E-state index contributed by atoms with van der Waals surface area (Å²) >= 11 is 1.20. The number of nitrogens with one attached hydrogen (secondary N) is 1. The van der Waals surface area contributed by atoms with Crippen LogP contribution in [0.1, 0.15) is 10.8 Å². The molecule has 1 atom stereocenters. The number of para-hydroxylation sites is 1. The van der Waals surface area contributed by atoms with Crippen molar-refractivity contribution in [2.24, 2.45) is 5.14 Å². The third kappa shape index (κ3) is 5.02. The molecule has 3 N–H and O–H groups in total. The minimum Gasteiger partial charge on any atom is -0.325 e. The van der Waals surface area contributed by atoms with Crippen LogP contribution >= 0.6 is 11.8 Å². The van der Waals surface area contributed by atoms with Crippen LogP contribution in [-0.2, 0) is 14.8 Å². The molecule has 0 aliphatic carbocycles. The number of rotatable bonds is 7. The summed E-state index contributed by atoms with van der Waals surface area (Å²) in [5.41, 5.74) is 1.97. The molecule has 32 heavy (non-hydrogen) atoms. The molecule has 0 fully saturated rings. The summed E-state index contributed by atoms with van der Waals surface area (Å²) in [4.78, 5) is 13.2. The molecule has 9 nitrogen and oxygen atoms in total. The van der Waals surface area contributed by atoms with Gasteiger partial charge in [0.25, 0.3) is 0 Å². The van der Waals surface area contributed by atoms with E-state index < -0.39 is 15.3 Å². The van der Waals surface area contributed by atoms with Gasteiger partial charge in [0.2, 0.25) is 21.1 Å². The fraction of sp³-hybridized carbons (Fsp3) is 0.0476. The highest BCUT2D eigenvalue weighted by Crippen LogP contribution is 2.35. The van der Waals surface area contributed by atoms with Crippen LogP contribution in [0.25, 0.3) is 5.69 Å². The van der Waals surface area contributed by atoms with E-state index in [1.165, 1.54) is 36.0 Å². The summed E-state index contributed by atoms with van der Waals surface area (Å²) < 4.78 is 24.5. The maximum Gasteiger partial charge on any atom is 0.242 e. The van der Waals surface area contributed by atoms with Gasteiger partial charge in [-0.25, -0.2) is 13.6 Å². The number of nitrogens with two attached hydrogens (primary N) is 1. The van der Waals surface area contributed by atoms with Crippen LogP contribution in [0.2, 0.25) is 0 Å². The Kier molecular flexibility index (Phi) is 6.30. The Labute approximate surface area is 188 Å². The average molecular weight is 467 g/mol. The van der Waals surface area contributed by atoms with Gasteiger partial charge in [-0.2, -0.15) is 4.68 Å². The van der Waals surface area contributed by atoms with E-state index in [2.05, 4.69) is 20.8 Å². The summed E-state index contributed by atoms with van der Waals surface area (Å²) in [5.74, 6) is -0.313. The Morgan fingerprint density at radius 2 is 1.56 bits per heavy atom. The third-order valence-corrected chi connectivity index (χ3v) is 6.57. The lowest BCUT2D eigenvalue weighted by Crippen LogP contribution is -2.20. The Hall–Kier alpha value is -3.54. The van der Waals surface area contributed by atoms with Crippen molar-refractivity contribution in [1.29, 1.82) is 0 Å². The fourth-order valence-corrected chi connectivity index (χ4v) is 4.44. The molecule has 0 aliphatic heterocycles. The maximum atomic E-state index is 13.2. The SMILES string of the molecule is NS(=O)(=O)c1ccc(NC(=O)[C@@H](Sc2nnnn2-c2ccccc2)c2ccccc2)cc1. The first-order chi connectivity index (χ1) is 15.4. The van der Waals surface area contributed by atoms with E-state index in [1.807, 2.05) is 60.7 Å². The first-order valence-electron chi connectivity index (χ1n) is 9.41. The monoisotopic (exact) mass is 466 g/mol. The van der Waals surface area contributed by atoms with Gasteiger partial charge in [-0.1, -0.05) is 60.3 Å². The molecule has 4 aromatic rings. The second kappa shape index (κ2) is 9.30. The molecular weight excluding hydrogens is 448 g/mol. The highest BCUT2D eigenvalue weighted by Gasteiger charge is 2.25. The zero-order valence-corrected chi connectivity index (χ0v) is 18.2. The average Bonchev–Trinajstić information content (AvgIpc) is 3.27. The number of thioether (sulfide) groups is 1. The van der Waals surface area contributed by atoms with Gasteiger partial charge >= 0.3 is 0 Å². The van der Waals surface area contributed by atoms with E-state index in [-0.39, 0.29) is 10.8 Å². The standard InChI is InChI=1S/C21H18N6O3S2/c22-32(29,30)18-13-11-16(12-14-18)23-20(28)19(15-7-3-1-4-8-15)31-21-24-25-26-27(21)17-9-5-2-6-10-17/h1-14,19H,(H,23,28)(H2,22,29,30)/t19-/m0/s1. The number of hydrogen-bond donors (Lipinski definition) is 2. The number of sulfonamides is 1. The van der Waals surface area contributed by atoms with Crippen LogP contribution in [0.15, 0.2) is 95.0 Å². The van der Waals surface area contributed by atoms with Crippen molar-refractivity contribution in [2.75, 3.05) is 5.32 Å². The third-order valence-electron chi connectivity index (χ3n) is 4.46. The molecular formula is C21H18N6O3S2. The van der Waals surface area contributed by atoms with Gasteiger partial charge in [-0.3, -0.25) is 4.79 Å². The van der Waals surface area contributed by atoms with Gasteiger partial charge in [0.1, 0.15) is 5.25 Å². The van der Waals surface area contributed by atoms with Gasteiger partial charge in [-0.05, 0) is 52.4 Å². The van der Waals surface area contributed by atoms with Crippen LogP contribution in [-0.4, -0.2) is 34.5 Å². The van der Waals surface area contributed by atoms with Crippen LogP contribution in [0, 0.1) is 0 Å². The van der Waals surface area contributed by atoms with E-state index in [4.69, 9.17) is 5.14 Å². The highest BCUT2D eigenvalue weighted by atomic mass is 32.2. The van der Waals surface area contributed by atoms with Crippen LogP contribution in [0.5, 0.6) is 0 Å². The van der Waals surface area contributed by atoms with Crippen molar-refractivity contribution in [3.05, 3.63) is 90.5 Å². The van der Waals surface area contributed by atoms with Crippen LogP contribution in [0.4, 0.5) is 5.69 Å². The zero-order valence-electron chi connectivity index (χ0n) is 16.6. The molecule has 0 unspecified atom stereocenters. The first-order valence-corrected chi connectivity index (χ1v) is 11.8. The fourth-order valence-electron chi connectivity index (χ4n) is 2.93. The summed E-state index contributed by atoms with van der Waals surface area (Å²) in [7, 11) is -3.81. The number of anilines is 1. The molecule has 1 heterocycles. The summed E-state index contributed by atoms with van der Waals surface area (Å²) in [5, 5.41) is 19.6. The topological polar surface area (TPSA) is 133 Å². The zero-order chi connectivity index (χ0) is 22.6. The van der Waals surface area contributed by atoms with Crippen LogP contribution < -0.4 is 10.5 Å². The van der Waals surface area contributed by atoms with Gasteiger partial charge < -0.3 is 5.32 Å². The van der Waals surface area contributed by atoms with E-state index >= 15 is 0 Å². The molecule has 11 heteroatoms. The number of tetrazole rings is 1. The van der Waals surface area contributed by atoms with Crippen molar-refractivity contribution in [3.63, 3.8) is 0 Å². The number of primary sulfonamides is 1. The maximum absolute atomic E-state index is 13.2. The number of amides is 1.